The first-order valence-corrected chi connectivity index (χ1v) is 8.16. The molecule has 25 heavy (non-hydrogen) atoms. The lowest BCUT2D eigenvalue weighted by Crippen LogP contribution is -2.48. The van der Waals surface area contributed by atoms with Crippen molar-refractivity contribution in [2.24, 2.45) is 0 Å². The fourth-order valence-electron chi connectivity index (χ4n) is 1.98. The minimum absolute atomic E-state index is 0.304. The summed E-state index contributed by atoms with van der Waals surface area (Å²) in [5, 5.41) is 3.64. The normalized spacial score (nSPS) is 12.4. The van der Waals surface area contributed by atoms with Gasteiger partial charge in [0.05, 0.1) is 13.7 Å². The van der Waals surface area contributed by atoms with Gasteiger partial charge in [0.1, 0.15) is 11.6 Å². The Morgan fingerprint density at radius 2 is 1.84 bits per heavy atom. The number of nitrogens with one attached hydrogen (secondary N) is 1. The van der Waals surface area contributed by atoms with E-state index in [1.807, 2.05) is 30.3 Å². The van der Waals surface area contributed by atoms with Gasteiger partial charge in [0.25, 0.3) is 5.91 Å². The Morgan fingerprint density at radius 3 is 2.40 bits per heavy atom. The summed E-state index contributed by atoms with van der Waals surface area (Å²) >= 11 is 0. The average Bonchev–Trinajstić information content (AvgIpc) is 2.55. The third-order valence-corrected chi connectivity index (χ3v) is 3.24. The molecule has 1 rings (SSSR count). The molecule has 1 aromatic rings. The first-order chi connectivity index (χ1) is 11.7. The van der Waals surface area contributed by atoms with E-state index in [1.165, 1.54) is 14.2 Å². The number of hydrogen-bond acceptors (Lipinski definition) is 5. The predicted octanol–water partition coefficient (Wildman–Crippen LogP) is 2.51. The zero-order valence-corrected chi connectivity index (χ0v) is 15.6. The number of hydrogen-bond donors (Lipinski definition) is 1. The molecule has 0 aromatic heterocycles. The van der Waals surface area contributed by atoms with Gasteiger partial charge in [-0.1, -0.05) is 30.3 Å². The van der Waals surface area contributed by atoms with Crippen molar-refractivity contribution in [2.45, 2.75) is 45.4 Å². The quantitative estimate of drug-likeness (QED) is 0.575. The van der Waals surface area contributed by atoms with E-state index >= 15 is 0 Å². The summed E-state index contributed by atoms with van der Waals surface area (Å²) in [4.78, 5) is 29.2. The van der Waals surface area contributed by atoms with Gasteiger partial charge in [0.2, 0.25) is 0 Å². The van der Waals surface area contributed by atoms with Gasteiger partial charge in [-0.3, -0.25) is 9.63 Å². The van der Waals surface area contributed by atoms with Gasteiger partial charge in [-0.2, -0.15) is 0 Å². The Bertz CT molecular complexity index is 542. The zero-order chi connectivity index (χ0) is 18.9. The molecule has 2 amide bonds. The van der Waals surface area contributed by atoms with Crippen molar-refractivity contribution in [3.8, 4) is 0 Å². The molecule has 0 aliphatic rings. The van der Waals surface area contributed by atoms with Gasteiger partial charge in [-0.05, 0) is 26.3 Å². The van der Waals surface area contributed by atoms with Crippen LogP contribution in [0.1, 0.15) is 32.8 Å². The van der Waals surface area contributed by atoms with E-state index in [0.717, 1.165) is 10.6 Å². The molecule has 1 aromatic carbocycles. The van der Waals surface area contributed by atoms with Crippen LogP contribution in [-0.4, -0.2) is 49.5 Å². The van der Waals surface area contributed by atoms with Crippen molar-refractivity contribution < 1.29 is 23.9 Å². The second-order valence-corrected chi connectivity index (χ2v) is 6.54. The topological polar surface area (TPSA) is 77.1 Å². The van der Waals surface area contributed by atoms with E-state index in [2.05, 4.69) is 5.32 Å². The lowest BCUT2D eigenvalue weighted by molar-refractivity contribution is -0.171. The molecule has 7 nitrogen and oxygen atoms in total. The van der Waals surface area contributed by atoms with Gasteiger partial charge in [0.15, 0.2) is 0 Å². The van der Waals surface area contributed by atoms with Crippen LogP contribution in [0.2, 0.25) is 0 Å². The summed E-state index contributed by atoms with van der Waals surface area (Å²) in [7, 11) is 2.87. The number of benzene rings is 1. The number of carbonyl (C=O) groups is 2. The monoisotopic (exact) mass is 352 g/mol. The smallest absolute Gasteiger partial charge is 0.408 e. The third kappa shape index (κ3) is 8.51. The number of carbonyl (C=O) groups excluding carboxylic acids is 2. The molecule has 0 saturated carbocycles. The summed E-state index contributed by atoms with van der Waals surface area (Å²) in [6.45, 7) is 6.02. The van der Waals surface area contributed by atoms with Gasteiger partial charge >= 0.3 is 6.09 Å². The maximum atomic E-state index is 12.3. The molecule has 0 spiro atoms. The molecule has 0 aliphatic carbocycles. The average molecular weight is 352 g/mol. The second-order valence-electron chi connectivity index (χ2n) is 6.54. The van der Waals surface area contributed by atoms with Crippen molar-refractivity contribution in [3.63, 3.8) is 0 Å². The van der Waals surface area contributed by atoms with Crippen LogP contribution in [0.15, 0.2) is 30.3 Å². The first-order valence-electron chi connectivity index (χ1n) is 8.16. The molecule has 0 fully saturated rings. The lowest BCUT2D eigenvalue weighted by atomic mass is 10.2. The fourth-order valence-corrected chi connectivity index (χ4v) is 1.98. The summed E-state index contributed by atoms with van der Waals surface area (Å²) in [5.41, 5.74) is 0.397. The number of amides is 2. The molecule has 7 heteroatoms. The van der Waals surface area contributed by atoms with E-state index in [9.17, 15) is 9.59 Å². The summed E-state index contributed by atoms with van der Waals surface area (Å²) < 4.78 is 10.8. The molecular formula is C18H28N2O5. The van der Waals surface area contributed by atoms with Crippen LogP contribution in [0.5, 0.6) is 0 Å². The number of hydroxylamine groups is 2. The standard InChI is InChI=1S/C18H28N2O5/c1-18(2,3)25-17(22)19-15(16(21)20(4)23-5)11-12-24-13-14-9-7-6-8-10-14/h6-10,15H,11-13H2,1-5H3,(H,19,22)/t15-/m0/s1. The van der Waals surface area contributed by atoms with Crippen LogP contribution in [-0.2, 0) is 25.7 Å². The fraction of sp³-hybridized carbons (Fsp3) is 0.556. The van der Waals surface area contributed by atoms with Crippen LogP contribution in [0.25, 0.3) is 0 Å². The van der Waals surface area contributed by atoms with Crippen LogP contribution in [0.3, 0.4) is 0 Å². The molecule has 0 bridgehead atoms. The second kappa shape index (κ2) is 10.0. The van der Waals surface area contributed by atoms with Crippen LogP contribution >= 0.6 is 0 Å². The number of nitrogens with zero attached hydrogens (tertiary/aromatic N) is 1. The number of alkyl carbamates (subject to hydrolysis) is 1. The molecule has 0 heterocycles. The molecule has 0 saturated heterocycles. The van der Waals surface area contributed by atoms with Gasteiger partial charge < -0.3 is 14.8 Å². The van der Waals surface area contributed by atoms with Crippen molar-refractivity contribution in [3.05, 3.63) is 35.9 Å². The van der Waals surface area contributed by atoms with Gasteiger partial charge in [0, 0.05) is 20.1 Å². The van der Waals surface area contributed by atoms with E-state index in [-0.39, 0.29) is 5.91 Å². The highest BCUT2D eigenvalue weighted by atomic mass is 16.7. The minimum atomic E-state index is -0.796. The lowest BCUT2D eigenvalue weighted by Gasteiger charge is -2.25. The molecule has 140 valence electrons. The highest BCUT2D eigenvalue weighted by molar-refractivity contribution is 5.84. The Hall–Kier alpha value is -2.12. The highest BCUT2D eigenvalue weighted by Crippen LogP contribution is 2.08. The molecule has 0 unspecified atom stereocenters. The van der Waals surface area contributed by atoms with Crippen molar-refractivity contribution >= 4 is 12.0 Å². The Balaban J connectivity index is 2.55. The third-order valence-electron chi connectivity index (χ3n) is 3.24. The van der Waals surface area contributed by atoms with Crippen molar-refractivity contribution in [1.29, 1.82) is 0 Å². The number of ether oxygens (including phenoxy) is 2. The van der Waals surface area contributed by atoms with Crippen LogP contribution < -0.4 is 5.32 Å². The minimum Gasteiger partial charge on any atom is -0.444 e. The van der Waals surface area contributed by atoms with Crippen molar-refractivity contribution in [2.75, 3.05) is 20.8 Å². The SMILES string of the molecule is CON(C)C(=O)[C@H](CCOCc1ccccc1)NC(=O)OC(C)(C)C. The molecule has 1 N–H and O–H groups in total. The largest absolute Gasteiger partial charge is 0.444 e. The van der Waals surface area contributed by atoms with E-state index in [1.54, 1.807) is 20.8 Å². The molecule has 1 atom stereocenters. The summed E-state index contributed by atoms with van der Waals surface area (Å²) in [6, 6.07) is 8.92. The Labute approximate surface area is 149 Å². The summed E-state index contributed by atoms with van der Waals surface area (Å²) in [5.74, 6) is -0.378. The molecule has 0 radical (unpaired) electrons. The maximum Gasteiger partial charge on any atom is 0.408 e. The van der Waals surface area contributed by atoms with Crippen LogP contribution in [0, 0.1) is 0 Å². The van der Waals surface area contributed by atoms with Gasteiger partial charge in [-0.15, -0.1) is 0 Å². The predicted molar refractivity (Wildman–Crippen MR) is 93.7 cm³/mol. The summed E-state index contributed by atoms with van der Waals surface area (Å²) in [6.07, 6.45) is -0.350. The van der Waals surface area contributed by atoms with Crippen molar-refractivity contribution in [1.82, 2.24) is 10.4 Å². The number of rotatable bonds is 8. The number of likely N-dealkylation sites (N-methyl/N-ethyl adjacent to an activating group) is 1. The molecular weight excluding hydrogens is 324 g/mol. The maximum absolute atomic E-state index is 12.3. The molecule has 0 aliphatic heterocycles. The van der Waals surface area contributed by atoms with E-state index < -0.39 is 17.7 Å². The first kappa shape index (κ1) is 20.9. The van der Waals surface area contributed by atoms with E-state index in [0.29, 0.717) is 19.6 Å². The van der Waals surface area contributed by atoms with Gasteiger partial charge in [-0.25, -0.2) is 9.86 Å². The zero-order valence-electron chi connectivity index (χ0n) is 15.6. The highest BCUT2D eigenvalue weighted by Gasteiger charge is 2.26. The van der Waals surface area contributed by atoms with E-state index in [4.69, 9.17) is 14.3 Å². The Kier molecular flexibility index (Phi) is 8.37. The Morgan fingerprint density at radius 1 is 1.20 bits per heavy atom. The van der Waals surface area contributed by atoms with Crippen LogP contribution in [0.4, 0.5) is 4.79 Å².